The maximum absolute atomic E-state index is 13.1. The van der Waals surface area contributed by atoms with E-state index in [2.05, 4.69) is 6.92 Å². The van der Waals surface area contributed by atoms with Crippen LogP contribution in [0.15, 0.2) is 60.0 Å². The third kappa shape index (κ3) is 4.58. The first-order valence-electron chi connectivity index (χ1n) is 8.79. The van der Waals surface area contributed by atoms with Gasteiger partial charge in [-0.3, -0.25) is 0 Å². The minimum absolute atomic E-state index is 0.209. The summed E-state index contributed by atoms with van der Waals surface area (Å²) in [4.78, 5) is 1.31. The summed E-state index contributed by atoms with van der Waals surface area (Å²) in [5.41, 5.74) is 1.94. The number of halogens is 1. The van der Waals surface area contributed by atoms with Crippen LogP contribution in [0.1, 0.15) is 24.1 Å². The van der Waals surface area contributed by atoms with Crippen molar-refractivity contribution in [3.05, 3.63) is 76.9 Å². The Kier molecular flexibility index (Phi) is 5.86. The molecule has 1 fully saturated rings. The summed E-state index contributed by atoms with van der Waals surface area (Å²) in [6.07, 6.45) is 1.63. The Morgan fingerprint density at radius 1 is 1.04 bits per heavy atom. The molecule has 0 bridgehead atoms. The topological polar surface area (TPSA) is 41.8 Å². The molecule has 0 amide bonds. The predicted octanol–water partition coefficient (Wildman–Crippen LogP) is 2.09. The van der Waals surface area contributed by atoms with E-state index in [-0.39, 0.29) is 11.9 Å². The molecule has 1 aliphatic rings. The van der Waals surface area contributed by atoms with Gasteiger partial charge in [0, 0.05) is 11.0 Å². The molecular weight excluding hydrogens is 351 g/mol. The van der Waals surface area contributed by atoms with Crippen LogP contribution in [-0.2, 0) is 10.0 Å². The van der Waals surface area contributed by atoms with Crippen LogP contribution in [0.25, 0.3) is 6.08 Å². The van der Waals surface area contributed by atoms with Gasteiger partial charge in [0.25, 0.3) is 0 Å². The molecule has 0 radical (unpaired) electrons. The number of quaternary nitrogens is 1. The molecule has 3 rings (SSSR count). The number of nitrogens with one attached hydrogen (secondary N) is 1. The number of rotatable bonds is 5. The molecule has 1 aliphatic heterocycles. The highest BCUT2D eigenvalue weighted by Crippen LogP contribution is 2.12. The lowest BCUT2D eigenvalue weighted by Gasteiger charge is -2.34. The predicted molar refractivity (Wildman–Crippen MR) is 101 cm³/mol. The van der Waals surface area contributed by atoms with Gasteiger partial charge in [0.1, 0.15) is 11.9 Å². The van der Waals surface area contributed by atoms with E-state index >= 15 is 0 Å². The fourth-order valence-corrected chi connectivity index (χ4v) is 4.46. The Hall–Kier alpha value is -2.02. The molecule has 6 heteroatoms. The zero-order chi connectivity index (χ0) is 18.6. The fraction of sp³-hybridized carbons (Fsp3) is 0.300. The Balaban J connectivity index is 1.60. The maximum atomic E-state index is 13.1. The maximum Gasteiger partial charge on any atom is 0.236 e. The van der Waals surface area contributed by atoms with Crippen molar-refractivity contribution in [2.45, 2.75) is 13.0 Å². The smallest absolute Gasteiger partial charge is 0.236 e. The lowest BCUT2D eigenvalue weighted by atomic mass is 10.1. The van der Waals surface area contributed by atoms with Crippen LogP contribution >= 0.6 is 0 Å². The minimum Gasteiger partial charge on any atom is -0.327 e. The monoisotopic (exact) mass is 375 g/mol. The molecule has 0 aliphatic carbocycles. The van der Waals surface area contributed by atoms with Crippen molar-refractivity contribution in [1.82, 2.24) is 4.31 Å². The zero-order valence-electron chi connectivity index (χ0n) is 14.8. The highest BCUT2D eigenvalue weighted by atomic mass is 32.2. The van der Waals surface area contributed by atoms with E-state index in [1.807, 2.05) is 30.3 Å². The molecule has 2 aromatic carbocycles. The van der Waals surface area contributed by atoms with E-state index in [1.54, 1.807) is 18.2 Å². The molecule has 138 valence electrons. The summed E-state index contributed by atoms with van der Waals surface area (Å²) in [5, 5.41) is 1.29. The summed E-state index contributed by atoms with van der Waals surface area (Å²) in [6.45, 7) is 4.54. The zero-order valence-corrected chi connectivity index (χ0v) is 15.6. The van der Waals surface area contributed by atoms with Gasteiger partial charge in [0.2, 0.25) is 10.0 Å². The second-order valence-corrected chi connectivity index (χ2v) is 8.41. The lowest BCUT2D eigenvalue weighted by molar-refractivity contribution is -0.933. The molecule has 0 spiro atoms. The van der Waals surface area contributed by atoms with Gasteiger partial charge in [-0.2, -0.15) is 4.31 Å². The highest BCUT2D eigenvalue weighted by Gasteiger charge is 2.30. The van der Waals surface area contributed by atoms with Gasteiger partial charge < -0.3 is 4.90 Å². The van der Waals surface area contributed by atoms with Crippen molar-refractivity contribution in [3.8, 4) is 0 Å². The molecule has 1 saturated heterocycles. The summed E-state index contributed by atoms with van der Waals surface area (Å²) >= 11 is 0. The van der Waals surface area contributed by atoms with Crippen molar-refractivity contribution in [2.24, 2.45) is 0 Å². The first-order chi connectivity index (χ1) is 12.5. The van der Waals surface area contributed by atoms with Crippen molar-refractivity contribution < 1.29 is 17.7 Å². The second-order valence-electron chi connectivity index (χ2n) is 6.59. The highest BCUT2D eigenvalue weighted by molar-refractivity contribution is 7.92. The Morgan fingerprint density at radius 3 is 2.27 bits per heavy atom. The van der Waals surface area contributed by atoms with Crippen LogP contribution in [0.3, 0.4) is 0 Å². The minimum atomic E-state index is -3.41. The van der Waals surface area contributed by atoms with Crippen LogP contribution in [0, 0.1) is 5.82 Å². The van der Waals surface area contributed by atoms with E-state index in [4.69, 9.17) is 0 Å². The Bertz CT molecular complexity index is 843. The number of hydrogen-bond donors (Lipinski definition) is 1. The van der Waals surface area contributed by atoms with E-state index in [0.717, 1.165) is 24.2 Å². The largest absolute Gasteiger partial charge is 0.327 e. The Morgan fingerprint density at radius 2 is 1.65 bits per heavy atom. The molecule has 4 nitrogen and oxygen atoms in total. The standard InChI is InChI=1S/C20H23FN2O2S/c1-17(19-7-9-20(21)10-8-19)22-12-14-23(15-13-22)26(24,25)16-11-18-5-3-2-4-6-18/h2-11,16-17H,12-15H2,1H3/p+1/b16-11+/t17-/m1/s1. The average Bonchev–Trinajstić information content (AvgIpc) is 2.67. The summed E-state index contributed by atoms with van der Waals surface area (Å²) < 4.78 is 39.7. The summed E-state index contributed by atoms with van der Waals surface area (Å²) in [6, 6.07) is 16.2. The van der Waals surface area contributed by atoms with Gasteiger partial charge in [-0.1, -0.05) is 42.5 Å². The van der Waals surface area contributed by atoms with Crippen LogP contribution in [0.2, 0.25) is 0 Å². The molecule has 1 atom stereocenters. The van der Waals surface area contributed by atoms with Crippen molar-refractivity contribution in [1.29, 1.82) is 0 Å². The van der Waals surface area contributed by atoms with E-state index in [9.17, 15) is 12.8 Å². The third-order valence-corrected chi connectivity index (χ3v) is 6.50. The molecular formula is C20H24FN2O2S+. The number of nitrogens with zero attached hydrogens (tertiary/aromatic N) is 1. The molecule has 1 N–H and O–H groups in total. The van der Waals surface area contributed by atoms with Crippen LogP contribution in [-0.4, -0.2) is 38.9 Å². The van der Waals surface area contributed by atoms with Gasteiger partial charge in [-0.15, -0.1) is 0 Å². The van der Waals surface area contributed by atoms with E-state index in [0.29, 0.717) is 13.1 Å². The van der Waals surface area contributed by atoms with E-state index < -0.39 is 10.0 Å². The van der Waals surface area contributed by atoms with Crippen LogP contribution in [0.5, 0.6) is 0 Å². The lowest BCUT2D eigenvalue weighted by Crippen LogP contribution is -3.14. The quantitative estimate of drug-likeness (QED) is 0.870. The third-order valence-electron chi connectivity index (χ3n) is 4.94. The molecule has 0 unspecified atom stereocenters. The first-order valence-corrected chi connectivity index (χ1v) is 10.3. The number of piperazine rings is 1. The van der Waals surface area contributed by atoms with Gasteiger partial charge in [-0.25, -0.2) is 12.8 Å². The van der Waals surface area contributed by atoms with Crippen molar-refractivity contribution in [3.63, 3.8) is 0 Å². The Labute approximate surface area is 154 Å². The number of hydrogen-bond acceptors (Lipinski definition) is 2. The van der Waals surface area contributed by atoms with Gasteiger partial charge >= 0.3 is 0 Å². The van der Waals surface area contributed by atoms with Crippen LogP contribution in [0.4, 0.5) is 4.39 Å². The summed E-state index contributed by atoms with van der Waals surface area (Å²) in [5.74, 6) is -0.239. The van der Waals surface area contributed by atoms with Crippen LogP contribution < -0.4 is 4.90 Å². The van der Waals surface area contributed by atoms with Gasteiger partial charge in [0.15, 0.2) is 0 Å². The first kappa shape index (κ1) is 18.8. The van der Waals surface area contributed by atoms with E-state index in [1.165, 1.54) is 26.7 Å². The molecule has 26 heavy (non-hydrogen) atoms. The second kappa shape index (κ2) is 8.12. The molecule has 0 aromatic heterocycles. The SMILES string of the molecule is C[C@H](c1ccc(F)cc1)[NH+]1CCN(S(=O)(=O)/C=C/c2ccccc2)CC1. The molecule has 2 aromatic rings. The fourth-order valence-electron chi connectivity index (χ4n) is 3.26. The molecule has 0 saturated carbocycles. The van der Waals surface area contributed by atoms with Crippen molar-refractivity contribution in [2.75, 3.05) is 26.2 Å². The van der Waals surface area contributed by atoms with Crippen molar-refractivity contribution >= 4 is 16.1 Å². The summed E-state index contributed by atoms with van der Waals surface area (Å²) in [7, 11) is -3.41. The average molecular weight is 375 g/mol. The van der Waals surface area contributed by atoms with Gasteiger partial charge in [0.05, 0.1) is 26.2 Å². The molecule has 1 heterocycles. The number of benzene rings is 2. The number of sulfonamides is 1. The normalized spacial score (nSPS) is 18.2. The van der Waals surface area contributed by atoms with Gasteiger partial charge in [-0.05, 0) is 30.7 Å².